The fraction of sp³-hybridized carbons (Fsp3) is 0.750. The van der Waals surface area contributed by atoms with Crippen molar-refractivity contribution < 1.29 is 19.1 Å². The summed E-state index contributed by atoms with van der Waals surface area (Å²) in [6, 6.07) is 0. The van der Waals surface area contributed by atoms with Gasteiger partial charge in [-0.3, -0.25) is 9.59 Å². The lowest BCUT2D eigenvalue weighted by Crippen LogP contribution is -2.12. The Morgan fingerprint density at radius 3 is 2.08 bits per heavy atom. The summed E-state index contributed by atoms with van der Waals surface area (Å²) in [6.07, 6.45) is -2.12. The van der Waals surface area contributed by atoms with Gasteiger partial charge >= 0.3 is 5.97 Å². The quantitative estimate of drug-likeness (QED) is 0.714. The highest BCUT2D eigenvalue weighted by atomic mass is 19.1. The number of aliphatic carboxylic acids is 1. The van der Waals surface area contributed by atoms with E-state index in [1.54, 1.807) is 0 Å². The molecule has 0 spiro atoms. The van der Waals surface area contributed by atoms with Crippen LogP contribution in [0.5, 0.6) is 0 Å². The van der Waals surface area contributed by atoms with Crippen molar-refractivity contribution in [3.8, 4) is 0 Å². The molecule has 1 N–H and O–H groups in total. The van der Waals surface area contributed by atoms with Gasteiger partial charge in [0.05, 0.1) is 0 Å². The van der Waals surface area contributed by atoms with Crippen LogP contribution in [0.4, 0.5) is 4.39 Å². The molecule has 1 atom stereocenters. The Balaban J connectivity index is 0. The number of rotatable bonds is 4. The zero-order valence-electron chi connectivity index (χ0n) is 7.63. The Morgan fingerprint density at radius 2 is 1.83 bits per heavy atom. The van der Waals surface area contributed by atoms with Crippen molar-refractivity contribution in [2.75, 3.05) is 0 Å². The second-order valence-electron chi connectivity index (χ2n) is 2.01. The van der Waals surface area contributed by atoms with Crippen LogP contribution in [0.1, 0.15) is 33.6 Å². The Hall–Kier alpha value is -0.930. The zero-order valence-corrected chi connectivity index (χ0v) is 7.63. The predicted molar refractivity (Wildman–Crippen MR) is 43.8 cm³/mol. The van der Waals surface area contributed by atoms with Gasteiger partial charge in [-0.05, 0) is 13.3 Å². The van der Waals surface area contributed by atoms with Gasteiger partial charge in [-0.2, -0.15) is 0 Å². The maximum absolute atomic E-state index is 12.3. The molecule has 0 bridgehead atoms. The number of alkyl halides is 1. The number of hydrogen-bond acceptors (Lipinski definition) is 2. The highest BCUT2D eigenvalue weighted by Crippen LogP contribution is 2.02. The van der Waals surface area contributed by atoms with Crippen LogP contribution in [0.25, 0.3) is 0 Å². The van der Waals surface area contributed by atoms with Gasteiger partial charge in [0.25, 0.3) is 0 Å². The lowest BCUT2D eigenvalue weighted by molar-refractivity contribution is -0.137. The van der Waals surface area contributed by atoms with Gasteiger partial charge in [-0.1, -0.05) is 13.8 Å². The van der Waals surface area contributed by atoms with Gasteiger partial charge in [0.2, 0.25) is 0 Å². The number of halogens is 1. The summed E-state index contributed by atoms with van der Waals surface area (Å²) in [7, 11) is 0. The molecule has 0 saturated heterocycles. The Bertz CT molecular complexity index is 145. The Labute approximate surface area is 71.6 Å². The van der Waals surface area contributed by atoms with Crippen molar-refractivity contribution >= 4 is 11.8 Å². The van der Waals surface area contributed by atoms with Crippen LogP contribution < -0.4 is 0 Å². The van der Waals surface area contributed by atoms with Crippen molar-refractivity contribution in [3.05, 3.63) is 0 Å². The third-order valence-electron chi connectivity index (χ3n) is 1.05. The van der Waals surface area contributed by atoms with Crippen LogP contribution in [0.3, 0.4) is 0 Å². The number of Topliss-reactive ketones (excluding diaryl/α,β-unsaturated/α-hetero) is 1. The summed E-state index contributed by atoms with van der Waals surface area (Å²) < 4.78 is 12.3. The first-order valence-electron chi connectivity index (χ1n) is 3.90. The summed E-state index contributed by atoms with van der Waals surface area (Å²) in [5.41, 5.74) is 0. The molecule has 0 aliphatic carbocycles. The number of carbonyl (C=O) groups is 2. The van der Waals surface area contributed by atoms with E-state index in [-0.39, 0.29) is 12.8 Å². The molecule has 0 rings (SSSR count). The molecule has 0 aliphatic rings. The number of carboxylic acid groups (broad SMARTS) is 1. The minimum Gasteiger partial charge on any atom is -0.481 e. The maximum Gasteiger partial charge on any atom is 0.303 e. The van der Waals surface area contributed by atoms with Crippen LogP contribution in [0.15, 0.2) is 0 Å². The van der Waals surface area contributed by atoms with Gasteiger partial charge in [0.1, 0.15) is 0 Å². The van der Waals surface area contributed by atoms with Crippen LogP contribution in [-0.2, 0) is 9.59 Å². The number of hydrogen-bond donors (Lipinski definition) is 1. The SMILES string of the molecule is CC.CC(=O)C(F)CCC(=O)O. The summed E-state index contributed by atoms with van der Waals surface area (Å²) >= 11 is 0. The topological polar surface area (TPSA) is 54.4 Å². The number of carboxylic acids is 1. The van der Waals surface area contributed by atoms with Crippen molar-refractivity contribution in [2.45, 2.75) is 39.8 Å². The number of carbonyl (C=O) groups excluding carboxylic acids is 1. The molecular formula is C8H15FO3. The fourth-order valence-electron chi connectivity index (χ4n) is 0.453. The molecule has 12 heavy (non-hydrogen) atoms. The van der Waals surface area contributed by atoms with Crippen molar-refractivity contribution in [2.24, 2.45) is 0 Å². The van der Waals surface area contributed by atoms with E-state index in [0.717, 1.165) is 6.92 Å². The van der Waals surface area contributed by atoms with Gasteiger partial charge in [-0.25, -0.2) is 4.39 Å². The fourth-order valence-corrected chi connectivity index (χ4v) is 0.453. The van der Waals surface area contributed by atoms with E-state index in [1.165, 1.54) is 0 Å². The minimum absolute atomic E-state index is 0.218. The second kappa shape index (κ2) is 8.17. The van der Waals surface area contributed by atoms with E-state index in [2.05, 4.69) is 0 Å². The second-order valence-corrected chi connectivity index (χ2v) is 2.01. The third kappa shape index (κ3) is 9.07. The monoisotopic (exact) mass is 178 g/mol. The van der Waals surface area contributed by atoms with E-state index >= 15 is 0 Å². The standard InChI is InChI=1S/C6H9FO3.C2H6/c1-4(8)5(7)2-3-6(9)10;1-2/h5H,2-3H2,1H3,(H,9,10);1-2H3. The van der Waals surface area contributed by atoms with Gasteiger partial charge in [0, 0.05) is 6.42 Å². The van der Waals surface area contributed by atoms with E-state index in [9.17, 15) is 14.0 Å². The molecule has 1 unspecified atom stereocenters. The molecule has 72 valence electrons. The summed E-state index contributed by atoms with van der Waals surface area (Å²) in [5.74, 6) is -1.69. The van der Waals surface area contributed by atoms with E-state index < -0.39 is 17.9 Å². The van der Waals surface area contributed by atoms with Crippen molar-refractivity contribution in [1.29, 1.82) is 0 Å². The smallest absolute Gasteiger partial charge is 0.303 e. The summed E-state index contributed by atoms with van der Waals surface area (Å²) in [5, 5.41) is 8.07. The van der Waals surface area contributed by atoms with Crippen LogP contribution >= 0.6 is 0 Å². The molecule has 0 aromatic heterocycles. The van der Waals surface area contributed by atoms with Crippen LogP contribution in [0.2, 0.25) is 0 Å². The normalized spacial score (nSPS) is 11.0. The Kier molecular flexibility index (Phi) is 9.29. The minimum atomic E-state index is -1.61. The number of ketones is 1. The molecule has 0 heterocycles. The average molecular weight is 178 g/mol. The zero-order chi connectivity index (χ0) is 10.1. The molecule has 3 nitrogen and oxygen atoms in total. The predicted octanol–water partition coefficient (Wildman–Crippen LogP) is 1.80. The van der Waals surface area contributed by atoms with Gasteiger partial charge < -0.3 is 5.11 Å². The molecule has 0 aliphatic heterocycles. The van der Waals surface area contributed by atoms with E-state index in [4.69, 9.17) is 5.11 Å². The molecule has 0 aromatic carbocycles. The molecule has 0 saturated carbocycles. The first-order valence-corrected chi connectivity index (χ1v) is 3.90. The van der Waals surface area contributed by atoms with Crippen LogP contribution in [-0.4, -0.2) is 23.0 Å². The molecule has 0 radical (unpaired) electrons. The highest BCUT2D eigenvalue weighted by Gasteiger charge is 2.12. The third-order valence-corrected chi connectivity index (χ3v) is 1.05. The lowest BCUT2D eigenvalue weighted by atomic mass is 10.1. The van der Waals surface area contributed by atoms with Crippen LogP contribution in [0, 0.1) is 0 Å². The summed E-state index contributed by atoms with van der Waals surface area (Å²) in [4.78, 5) is 20.0. The van der Waals surface area contributed by atoms with Crippen molar-refractivity contribution in [1.82, 2.24) is 0 Å². The average Bonchev–Trinajstić information content (AvgIpc) is 2.03. The summed E-state index contributed by atoms with van der Waals surface area (Å²) in [6.45, 7) is 5.10. The largest absolute Gasteiger partial charge is 0.481 e. The molecule has 4 heteroatoms. The first kappa shape index (κ1) is 13.6. The molecule has 0 aromatic rings. The maximum atomic E-state index is 12.3. The lowest BCUT2D eigenvalue weighted by Gasteiger charge is -1.98. The van der Waals surface area contributed by atoms with E-state index in [0.29, 0.717) is 0 Å². The van der Waals surface area contributed by atoms with Gasteiger partial charge in [-0.15, -0.1) is 0 Å². The molecular weight excluding hydrogens is 163 g/mol. The van der Waals surface area contributed by atoms with E-state index in [1.807, 2.05) is 13.8 Å². The molecule has 0 amide bonds. The highest BCUT2D eigenvalue weighted by molar-refractivity contribution is 5.80. The van der Waals surface area contributed by atoms with Crippen molar-refractivity contribution in [3.63, 3.8) is 0 Å². The first-order chi connectivity index (χ1) is 5.54. The molecule has 0 fully saturated rings. The Morgan fingerprint density at radius 1 is 1.42 bits per heavy atom. The van der Waals surface area contributed by atoms with Gasteiger partial charge in [0.15, 0.2) is 12.0 Å².